The number of thiophene rings is 1. The third-order valence-electron chi connectivity index (χ3n) is 4.58. The van der Waals surface area contributed by atoms with E-state index in [2.05, 4.69) is 10.6 Å². The standard InChI is InChI=1S/C24H24N2O5S/c1-29-18-9-6-16(7-10-18)15-25-24(28)20(14-19-5-4-12-32-19)26-23(27)17-8-11-21(30-2)22(13-17)31-3/h4-14H,15H2,1-3H3,(H,25,28)(H,26,27)/b20-14-. The fourth-order valence-electron chi connectivity index (χ4n) is 2.87. The van der Waals surface area contributed by atoms with Gasteiger partial charge in [0, 0.05) is 17.0 Å². The zero-order valence-electron chi connectivity index (χ0n) is 18.0. The average Bonchev–Trinajstić information content (AvgIpc) is 3.35. The second-order valence-corrected chi connectivity index (χ2v) is 7.61. The van der Waals surface area contributed by atoms with E-state index in [9.17, 15) is 9.59 Å². The molecule has 32 heavy (non-hydrogen) atoms. The Morgan fingerprint density at radius 1 is 0.938 bits per heavy atom. The predicted molar refractivity (Wildman–Crippen MR) is 124 cm³/mol. The van der Waals surface area contributed by atoms with Gasteiger partial charge < -0.3 is 24.8 Å². The normalized spacial score (nSPS) is 10.9. The summed E-state index contributed by atoms with van der Waals surface area (Å²) in [4.78, 5) is 26.6. The molecule has 0 saturated carbocycles. The van der Waals surface area contributed by atoms with Gasteiger partial charge >= 0.3 is 0 Å². The van der Waals surface area contributed by atoms with Crippen LogP contribution in [0.25, 0.3) is 6.08 Å². The molecule has 2 N–H and O–H groups in total. The molecule has 3 aromatic rings. The van der Waals surface area contributed by atoms with Crippen molar-refractivity contribution >= 4 is 29.2 Å². The van der Waals surface area contributed by atoms with Crippen molar-refractivity contribution < 1.29 is 23.8 Å². The van der Waals surface area contributed by atoms with Gasteiger partial charge in [-0.15, -0.1) is 11.3 Å². The van der Waals surface area contributed by atoms with Crippen molar-refractivity contribution in [1.29, 1.82) is 0 Å². The smallest absolute Gasteiger partial charge is 0.268 e. The molecule has 0 spiro atoms. The molecule has 0 saturated heterocycles. The summed E-state index contributed by atoms with van der Waals surface area (Å²) >= 11 is 1.46. The SMILES string of the molecule is COc1ccc(CNC(=O)/C(=C/c2cccs2)NC(=O)c2ccc(OC)c(OC)c2)cc1. The van der Waals surface area contributed by atoms with Crippen LogP contribution in [0, 0.1) is 0 Å². The lowest BCUT2D eigenvalue weighted by Crippen LogP contribution is -2.34. The number of rotatable bonds is 9. The highest BCUT2D eigenvalue weighted by Crippen LogP contribution is 2.27. The highest BCUT2D eigenvalue weighted by molar-refractivity contribution is 7.10. The van der Waals surface area contributed by atoms with E-state index in [-0.39, 0.29) is 5.70 Å². The molecule has 2 amide bonds. The fraction of sp³-hybridized carbons (Fsp3) is 0.167. The van der Waals surface area contributed by atoms with Gasteiger partial charge in [-0.2, -0.15) is 0 Å². The number of nitrogens with one attached hydrogen (secondary N) is 2. The molecule has 1 heterocycles. The molecule has 0 aliphatic heterocycles. The highest BCUT2D eigenvalue weighted by Gasteiger charge is 2.16. The zero-order valence-corrected chi connectivity index (χ0v) is 18.8. The lowest BCUT2D eigenvalue weighted by Gasteiger charge is -2.13. The summed E-state index contributed by atoms with van der Waals surface area (Å²) in [7, 11) is 4.61. The summed E-state index contributed by atoms with van der Waals surface area (Å²) in [5.41, 5.74) is 1.38. The molecular weight excluding hydrogens is 428 g/mol. The number of benzene rings is 2. The Balaban J connectivity index is 1.76. The van der Waals surface area contributed by atoms with Gasteiger partial charge in [-0.05, 0) is 53.4 Å². The van der Waals surface area contributed by atoms with Crippen LogP contribution in [0.4, 0.5) is 0 Å². The minimum absolute atomic E-state index is 0.140. The van der Waals surface area contributed by atoms with Gasteiger partial charge in [0.15, 0.2) is 11.5 Å². The fourth-order valence-corrected chi connectivity index (χ4v) is 3.52. The Morgan fingerprint density at radius 3 is 2.31 bits per heavy atom. The van der Waals surface area contributed by atoms with Crippen LogP contribution in [0.5, 0.6) is 17.2 Å². The topological polar surface area (TPSA) is 85.9 Å². The van der Waals surface area contributed by atoms with Gasteiger partial charge in [-0.3, -0.25) is 9.59 Å². The van der Waals surface area contributed by atoms with E-state index in [0.717, 1.165) is 16.2 Å². The third kappa shape index (κ3) is 5.89. The number of ether oxygens (including phenoxy) is 3. The molecular formula is C24H24N2O5S. The number of carbonyl (C=O) groups is 2. The molecule has 0 atom stereocenters. The van der Waals surface area contributed by atoms with E-state index in [4.69, 9.17) is 14.2 Å². The van der Waals surface area contributed by atoms with Crippen LogP contribution in [0.3, 0.4) is 0 Å². The van der Waals surface area contributed by atoms with E-state index < -0.39 is 11.8 Å². The van der Waals surface area contributed by atoms with Gasteiger partial charge in [-0.1, -0.05) is 18.2 Å². The molecule has 0 radical (unpaired) electrons. The average molecular weight is 453 g/mol. The molecule has 0 aliphatic rings. The van der Waals surface area contributed by atoms with Crippen molar-refractivity contribution in [3.05, 3.63) is 81.7 Å². The molecule has 166 valence electrons. The molecule has 0 aliphatic carbocycles. The summed E-state index contributed by atoms with van der Waals surface area (Å²) in [6.07, 6.45) is 1.65. The van der Waals surface area contributed by atoms with Crippen LogP contribution in [0.15, 0.2) is 65.7 Å². The van der Waals surface area contributed by atoms with E-state index in [1.807, 2.05) is 41.8 Å². The van der Waals surface area contributed by atoms with Crippen LogP contribution in [0.2, 0.25) is 0 Å². The number of hydrogen-bond acceptors (Lipinski definition) is 6. The third-order valence-corrected chi connectivity index (χ3v) is 5.40. The van der Waals surface area contributed by atoms with E-state index >= 15 is 0 Å². The quantitative estimate of drug-likeness (QED) is 0.482. The van der Waals surface area contributed by atoms with Crippen LogP contribution in [0.1, 0.15) is 20.8 Å². The molecule has 0 bridgehead atoms. The van der Waals surface area contributed by atoms with Gasteiger partial charge in [0.2, 0.25) is 0 Å². The maximum atomic E-state index is 12.9. The Kier molecular flexibility index (Phi) is 7.88. The van der Waals surface area contributed by atoms with Gasteiger partial charge in [0.25, 0.3) is 11.8 Å². The summed E-state index contributed by atoms with van der Waals surface area (Å²) in [6, 6.07) is 15.9. The predicted octanol–water partition coefficient (Wildman–Crippen LogP) is 3.86. The van der Waals surface area contributed by atoms with Crippen molar-refractivity contribution in [3.8, 4) is 17.2 Å². The van der Waals surface area contributed by atoms with E-state index in [0.29, 0.717) is 23.6 Å². The summed E-state index contributed by atoms with van der Waals surface area (Å²) in [6.45, 7) is 0.302. The summed E-state index contributed by atoms with van der Waals surface area (Å²) in [5.74, 6) is 0.834. The maximum absolute atomic E-state index is 12.9. The van der Waals surface area contributed by atoms with E-state index in [1.54, 1.807) is 31.4 Å². The Labute approximate surface area is 190 Å². The van der Waals surface area contributed by atoms with Gasteiger partial charge in [0.05, 0.1) is 21.3 Å². The molecule has 0 fully saturated rings. The first kappa shape index (κ1) is 22.9. The van der Waals surface area contributed by atoms with Crippen molar-refractivity contribution in [2.45, 2.75) is 6.54 Å². The lowest BCUT2D eigenvalue weighted by atomic mass is 10.1. The second-order valence-electron chi connectivity index (χ2n) is 6.63. The Bertz CT molecular complexity index is 1090. The van der Waals surface area contributed by atoms with Crippen LogP contribution in [-0.4, -0.2) is 33.1 Å². The van der Waals surface area contributed by atoms with Gasteiger partial charge in [-0.25, -0.2) is 0 Å². The van der Waals surface area contributed by atoms with Crippen LogP contribution >= 0.6 is 11.3 Å². The first-order valence-corrected chi connectivity index (χ1v) is 10.6. The second kappa shape index (κ2) is 11.0. The van der Waals surface area contributed by atoms with Crippen molar-refractivity contribution in [3.63, 3.8) is 0 Å². The monoisotopic (exact) mass is 452 g/mol. The van der Waals surface area contributed by atoms with Crippen molar-refractivity contribution in [1.82, 2.24) is 10.6 Å². The number of amides is 2. The molecule has 1 aromatic heterocycles. The molecule has 0 unspecified atom stereocenters. The maximum Gasteiger partial charge on any atom is 0.268 e. The largest absolute Gasteiger partial charge is 0.497 e. The molecule has 3 rings (SSSR count). The number of hydrogen-bond donors (Lipinski definition) is 2. The molecule has 7 nitrogen and oxygen atoms in total. The Morgan fingerprint density at radius 2 is 1.69 bits per heavy atom. The summed E-state index contributed by atoms with van der Waals surface area (Å²) < 4.78 is 15.6. The molecule has 8 heteroatoms. The first-order valence-electron chi connectivity index (χ1n) is 9.73. The minimum Gasteiger partial charge on any atom is -0.497 e. The Hall–Kier alpha value is -3.78. The minimum atomic E-state index is -0.437. The van der Waals surface area contributed by atoms with Gasteiger partial charge in [0.1, 0.15) is 11.4 Å². The zero-order chi connectivity index (χ0) is 22.9. The first-order chi connectivity index (χ1) is 15.5. The highest BCUT2D eigenvalue weighted by atomic mass is 32.1. The van der Waals surface area contributed by atoms with Crippen LogP contribution in [-0.2, 0) is 11.3 Å². The van der Waals surface area contributed by atoms with E-state index in [1.165, 1.54) is 25.6 Å². The van der Waals surface area contributed by atoms with Crippen molar-refractivity contribution in [2.24, 2.45) is 0 Å². The van der Waals surface area contributed by atoms with Crippen molar-refractivity contribution in [2.75, 3.05) is 21.3 Å². The summed E-state index contributed by atoms with van der Waals surface area (Å²) in [5, 5.41) is 7.46. The van der Waals surface area contributed by atoms with Crippen LogP contribution < -0.4 is 24.8 Å². The lowest BCUT2D eigenvalue weighted by molar-refractivity contribution is -0.117. The number of carbonyl (C=O) groups excluding carboxylic acids is 2. The number of methoxy groups -OCH3 is 3. The molecule has 2 aromatic carbocycles.